The number of benzene rings is 1. The zero-order chi connectivity index (χ0) is 71.4. The number of hydrogen-bond donors (Lipinski definition) is 21. The summed E-state index contributed by atoms with van der Waals surface area (Å²) in [7, 11) is 0. The van der Waals surface area contributed by atoms with Gasteiger partial charge in [-0.25, -0.2) is 4.79 Å². The monoisotopic (exact) mass is 1340 g/mol. The molecule has 24 N–H and O–H groups in total. The molecule has 0 spiro atoms. The van der Waals surface area contributed by atoms with Gasteiger partial charge >= 0.3 is 11.9 Å². The summed E-state index contributed by atoms with van der Waals surface area (Å²) in [6, 6.07) is -11.6. The third-order valence-electron chi connectivity index (χ3n) is 14.3. The SMILES string of the molecule is CC[C@H](C)[C@H](NC(=O)[C@H](CC(N)=O)NC(=O)[C@H](CCCCNC(C)=O)NC(=O)[C@H](CO)NC(=O)CNC(=O)[C@H](CC(C)C)NC(=O)[C@H](Cc1ccc(O)cc1)NC(=O)[C@@H](N)CO)C(=O)N[C@@H](CCCCN)C(=O)N[C@@H](C)C(=O)N[C@@H](CO)C(=O)N[C@@H](CCC(=O)O)C(=O)O. The molecule has 0 aromatic heterocycles. The van der Waals surface area contributed by atoms with Crippen LogP contribution in [0.25, 0.3) is 0 Å². The van der Waals surface area contributed by atoms with E-state index in [1.165, 1.54) is 38.1 Å². The molecule has 36 nitrogen and oxygen atoms in total. The van der Waals surface area contributed by atoms with Crippen LogP contribution in [0.5, 0.6) is 5.75 Å². The molecule has 94 heavy (non-hydrogen) atoms. The first-order chi connectivity index (χ1) is 44.2. The highest BCUT2D eigenvalue weighted by Gasteiger charge is 2.37. The van der Waals surface area contributed by atoms with E-state index in [2.05, 4.69) is 58.5 Å². The van der Waals surface area contributed by atoms with Gasteiger partial charge in [-0.2, -0.15) is 0 Å². The summed E-state index contributed by atoms with van der Waals surface area (Å²) in [6.45, 7) is 5.65. The van der Waals surface area contributed by atoms with E-state index < -0.39 is 201 Å². The van der Waals surface area contributed by atoms with E-state index in [0.717, 1.165) is 0 Å². The molecule has 13 amide bonds. The van der Waals surface area contributed by atoms with Crippen molar-refractivity contribution in [3.63, 3.8) is 0 Å². The topological polar surface area (TPSA) is 600 Å². The Morgan fingerprint density at radius 3 is 1.52 bits per heavy atom. The van der Waals surface area contributed by atoms with Gasteiger partial charge in [0.05, 0.1) is 32.8 Å². The van der Waals surface area contributed by atoms with Crippen LogP contribution in [-0.4, -0.2) is 225 Å². The molecule has 0 aliphatic heterocycles. The van der Waals surface area contributed by atoms with Gasteiger partial charge in [-0.3, -0.25) is 67.1 Å². The van der Waals surface area contributed by atoms with Crippen LogP contribution >= 0.6 is 0 Å². The minimum Gasteiger partial charge on any atom is -0.508 e. The quantitative estimate of drug-likeness (QED) is 0.0270. The van der Waals surface area contributed by atoms with Gasteiger partial charge in [-0.05, 0) is 94.4 Å². The van der Waals surface area contributed by atoms with Crippen molar-refractivity contribution in [1.82, 2.24) is 63.8 Å². The molecule has 0 radical (unpaired) electrons. The Balaban J connectivity index is 3.41. The molecule has 0 unspecified atom stereocenters. The molecule has 1 aromatic carbocycles. The minimum absolute atomic E-state index is 0.00795. The summed E-state index contributed by atoms with van der Waals surface area (Å²) in [5.74, 6) is -16.8. The number of carbonyl (C=O) groups excluding carboxylic acids is 13. The van der Waals surface area contributed by atoms with E-state index in [9.17, 15) is 97.5 Å². The average molecular weight is 1340 g/mol. The first-order valence-electron chi connectivity index (χ1n) is 30.6. The number of hydrogen-bond acceptors (Lipinski definition) is 21. The zero-order valence-corrected chi connectivity index (χ0v) is 53.6. The summed E-state index contributed by atoms with van der Waals surface area (Å²) < 4.78 is 0. The second-order valence-corrected chi connectivity index (χ2v) is 22.7. The summed E-state index contributed by atoms with van der Waals surface area (Å²) in [6.07, 6.45) is -1.38. The number of aromatic hydroxyl groups is 1. The fourth-order valence-electron chi connectivity index (χ4n) is 8.75. The van der Waals surface area contributed by atoms with Crippen molar-refractivity contribution in [3.8, 4) is 5.75 Å². The third-order valence-corrected chi connectivity index (χ3v) is 14.3. The maximum absolute atomic E-state index is 14.2. The summed E-state index contributed by atoms with van der Waals surface area (Å²) in [4.78, 5) is 196. The lowest BCUT2D eigenvalue weighted by molar-refractivity contribution is -0.144. The number of carboxylic acids is 2. The van der Waals surface area contributed by atoms with Crippen molar-refractivity contribution in [3.05, 3.63) is 29.8 Å². The van der Waals surface area contributed by atoms with E-state index in [4.69, 9.17) is 22.3 Å². The van der Waals surface area contributed by atoms with Crippen molar-refractivity contribution in [2.75, 3.05) is 39.5 Å². The highest BCUT2D eigenvalue weighted by atomic mass is 16.4. The highest BCUT2D eigenvalue weighted by molar-refractivity contribution is 6.00. The van der Waals surface area contributed by atoms with Crippen LogP contribution in [0.15, 0.2) is 24.3 Å². The Morgan fingerprint density at radius 2 is 1.00 bits per heavy atom. The van der Waals surface area contributed by atoms with Crippen LogP contribution in [0.1, 0.15) is 118 Å². The molecule has 0 aliphatic rings. The Kier molecular flexibility index (Phi) is 38.5. The first-order valence-corrected chi connectivity index (χ1v) is 30.6. The number of aliphatic hydroxyl groups excluding tert-OH is 3. The molecule has 1 aromatic rings. The minimum atomic E-state index is -1.86. The van der Waals surface area contributed by atoms with Crippen molar-refractivity contribution in [2.24, 2.45) is 29.0 Å². The fraction of sp³-hybridized carbons (Fsp3) is 0.638. The lowest BCUT2D eigenvalue weighted by atomic mass is 9.96. The predicted octanol–water partition coefficient (Wildman–Crippen LogP) is -7.42. The second-order valence-electron chi connectivity index (χ2n) is 22.7. The average Bonchev–Trinajstić information content (AvgIpc) is 0.913. The molecule has 0 bridgehead atoms. The molecule has 0 saturated carbocycles. The number of primary amides is 1. The number of nitrogens with two attached hydrogens (primary N) is 3. The van der Waals surface area contributed by atoms with E-state index in [1.54, 1.807) is 27.7 Å². The van der Waals surface area contributed by atoms with Crippen LogP contribution in [0.3, 0.4) is 0 Å². The van der Waals surface area contributed by atoms with Crippen LogP contribution in [0.4, 0.5) is 0 Å². The Morgan fingerprint density at radius 1 is 0.511 bits per heavy atom. The summed E-state index contributed by atoms with van der Waals surface area (Å²) >= 11 is 0. The van der Waals surface area contributed by atoms with Gasteiger partial charge in [0.2, 0.25) is 76.8 Å². The molecule has 0 aliphatic carbocycles. The van der Waals surface area contributed by atoms with Gasteiger partial charge in [0.15, 0.2) is 0 Å². The van der Waals surface area contributed by atoms with Crippen molar-refractivity contribution < 1.29 is 103 Å². The summed E-state index contributed by atoms with van der Waals surface area (Å²) in [5.41, 5.74) is 17.3. The molecule has 0 heterocycles. The van der Waals surface area contributed by atoms with E-state index >= 15 is 0 Å². The molecule has 1 rings (SSSR count). The number of nitrogens with one attached hydrogen (secondary N) is 12. The fourth-order valence-corrected chi connectivity index (χ4v) is 8.75. The zero-order valence-electron chi connectivity index (χ0n) is 53.6. The van der Waals surface area contributed by atoms with Crippen LogP contribution in [-0.2, 0) is 78.3 Å². The number of phenolic OH excluding ortho intramolecular Hbond substituents is 1. The Hall–Kier alpha value is -9.13. The van der Waals surface area contributed by atoms with Crippen LogP contribution in [0, 0.1) is 11.8 Å². The second kappa shape index (κ2) is 43.7. The number of aliphatic carboxylic acids is 2. The molecular weight excluding hydrogens is 1240 g/mol. The Labute approximate surface area is 542 Å². The van der Waals surface area contributed by atoms with E-state index in [1.807, 2.05) is 5.32 Å². The number of unbranched alkanes of at least 4 members (excludes halogenated alkanes) is 2. The maximum atomic E-state index is 14.2. The molecule has 0 saturated heterocycles. The van der Waals surface area contributed by atoms with Gasteiger partial charge in [-0.1, -0.05) is 46.2 Å². The normalized spacial score (nSPS) is 14.9. The number of carbonyl (C=O) groups is 15. The lowest BCUT2D eigenvalue weighted by Gasteiger charge is -2.29. The van der Waals surface area contributed by atoms with Gasteiger partial charge in [0.1, 0.15) is 72.2 Å². The summed E-state index contributed by atoms with van der Waals surface area (Å²) in [5, 5.41) is 86.2. The van der Waals surface area contributed by atoms with Crippen molar-refractivity contribution >= 4 is 88.7 Å². The molecule has 36 heteroatoms. The number of aliphatic hydroxyl groups is 3. The third kappa shape index (κ3) is 31.9. The molecule has 0 fully saturated rings. The number of rotatable bonds is 46. The van der Waals surface area contributed by atoms with E-state index in [-0.39, 0.29) is 82.0 Å². The standard InChI is InChI=1S/C58H95N15O21/c1-7-30(4)47(57(92)67-36(12-8-10-20-59)51(86)64-31(5)48(83)72-43(28-76)56(91)68-38(58(93)94)18-19-46(81)82)73-54(89)41(24-44(61)79)71-52(87)37(13-9-11-21-62-32(6)77)66-55(90)42(27-75)65-45(80)25-63-50(85)39(22-29(2)3)70-53(88)40(69-49(84)35(60)26-74)23-33-14-16-34(78)17-15-33/h14-17,29-31,35-43,47,74-76,78H,7-13,18-28,59-60H2,1-6H3,(H2,61,79)(H,62,77)(H,63,85)(H,64,86)(H,65,80)(H,66,90)(H,67,92)(H,68,91)(H,69,84)(H,70,88)(H,71,87)(H,72,83)(H,73,89)(H,81,82)(H,93,94)/t30-,31-,35-,36-,37-,38-,39-,40-,41-,42-,43-,47-/m0/s1. The largest absolute Gasteiger partial charge is 0.508 e. The first kappa shape index (κ1) is 82.9. The highest BCUT2D eigenvalue weighted by Crippen LogP contribution is 2.15. The maximum Gasteiger partial charge on any atom is 0.326 e. The number of carboxylic acid groups (broad SMARTS) is 2. The van der Waals surface area contributed by atoms with Crippen LogP contribution in [0.2, 0.25) is 0 Å². The predicted molar refractivity (Wildman–Crippen MR) is 332 cm³/mol. The van der Waals surface area contributed by atoms with Crippen molar-refractivity contribution in [1.29, 1.82) is 0 Å². The Bertz CT molecular complexity index is 2740. The number of amides is 13. The van der Waals surface area contributed by atoms with Gasteiger partial charge in [0.25, 0.3) is 0 Å². The molecular formula is C58H95N15O21. The number of phenols is 1. The van der Waals surface area contributed by atoms with Crippen LogP contribution < -0.4 is 81.0 Å². The van der Waals surface area contributed by atoms with Gasteiger partial charge < -0.3 is 112 Å². The smallest absolute Gasteiger partial charge is 0.326 e. The van der Waals surface area contributed by atoms with Crippen molar-refractivity contribution in [2.45, 2.75) is 185 Å². The van der Waals surface area contributed by atoms with Gasteiger partial charge in [-0.15, -0.1) is 0 Å². The lowest BCUT2D eigenvalue weighted by Crippen LogP contribution is -2.61. The van der Waals surface area contributed by atoms with Gasteiger partial charge in [0, 0.05) is 26.3 Å². The van der Waals surface area contributed by atoms with E-state index in [0.29, 0.717) is 12.0 Å². The molecule has 12 atom stereocenters. The molecule has 528 valence electrons.